The highest BCUT2D eigenvalue weighted by atomic mass is 79.9. The lowest BCUT2D eigenvalue weighted by Gasteiger charge is -2.23. The smallest absolute Gasteiger partial charge is 0.410 e. The largest absolute Gasteiger partial charge is 0.445 e. The van der Waals surface area contributed by atoms with Gasteiger partial charge in [-0.05, 0) is 30.7 Å². The Kier molecular flexibility index (Phi) is 3.78. The van der Waals surface area contributed by atoms with Crippen LogP contribution in [0.2, 0.25) is 0 Å². The molecule has 0 N–H and O–H groups in total. The molecule has 2 bridgehead atoms. The Morgan fingerprint density at radius 2 is 2.11 bits per heavy atom. The first-order chi connectivity index (χ1) is 9.29. The number of rotatable bonds is 3. The lowest BCUT2D eigenvalue weighted by atomic mass is 9.91. The molecule has 0 aliphatic carbocycles. The van der Waals surface area contributed by atoms with Gasteiger partial charge in [-0.15, -0.1) is 0 Å². The predicted molar refractivity (Wildman–Crippen MR) is 77.2 cm³/mol. The number of halogens is 1. The molecule has 2 saturated heterocycles. The van der Waals surface area contributed by atoms with Crippen molar-refractivity contribution in [2.45, 2.75) is 38.0 Å². The summed E-state index contributed by atoms with van der Waals surface area (Å²) in [6.07, 6.45) is 3.24. The average Bonchev–Trinajstić information content (AvgIpc) is 3.03. The fraction of sp³-hybridized carbons (Fsp3) is 0.533. The number of alkyl halides is 1. The number of benzene rings is 1. The van der Waals surface area contributed by atoms with E-state index in [1.54, 1.807) is 0 Å². The molecule has 2 aliphatic rings. The second-order valence-electron chi connectivity index (χ2n) is 5.40. The van der Waals surface area contributed by atoms with Crippen LogP contribution in [0.1, 0.15) is 24.8 Å². The van der Waals surface area contributed by atoms with Crippen LogP contribution in [0.4, 0.5) is 4.79 Å². The quantitative estimate of drug-likeness (QED) is 0.796. The van der Waals surface area contributed by atoms with E-state index in [-0.39, 0.29) is 6.09 Å². The van der Waals surface area contributed by atoms with Crippen LogP contribution in [-0.2, 0) is 11.3 Å². The van der Waals surface area contributed by atoms with Gasteiger partial charge in [0.1, 0.15) is 6.61 Å². The van der Waals surface area contributed by atoms with Crippen molar-refractivity contribution in [1.29, 1.82) is 0 Å². The van der Waals surface area contributed by atoms with Gasteiger partial charge in [0, 0.05) is 17.4 Å². The summed E-state index contributed by atoms with van der Waals surface area (Å²) in [6, 6.07) is 10.6. The van der Waals surface area contributed by atoms with Crippen molar-refractivity contribution in [1.82, 2.24) is 4.90 Å². The summed E-state index contributed by atoms with van der Waals surface area (Å²) in [5.74, 6) is 0.600. The van der Waals surface area contributed by atoms with E-state index in [1.165, 1.54) is 0 Å². The Morgan fingerprint density at radius 1 is 1.32 bits per heavy atom. The van der Waals surface area contributed by atoms with Gasteiger partial charge in [-0.25, -0.2) is 4.79 Å². The van der Waals surface area contributed by atoms with E-state index in [9.17, 15) is 4.79 Å². The van der Waals surface area contributed by atoms with Gasteiger partial charge in [0.25, 0.3) is 0 Å². The maximum absolute atomic E-state index is 12.2. The topological polar surface area (TPSA) is 29.5 Å². The molecule has 3 nitrogen and oxygen atoms in total. The lowest BCUT2D eigenvalue weighted by Crippen LogP contribution is -2.37. The normalized spacial score (nSPS) is 28.7. The molecule has 102 valence electrons. The molecular formula is C15H18BrNO2. The highest BCUT2D eigenvalue weighted by molar-refractivity contribution is 9.09. The van der Waals surface area contributed by atoms with Crippen molar-refractivity contribution in [2.75, 3.05) is 5.33 Å². The Balaban J connectivity index is 1.59. The van der Waals surface area contributed by atoms with Crippen LogP contribution in [0.3, 0.4) is 0 Å². The number of amides is 1. The van der Waals surface area contributed by atoms with Crippen LogP contribution in [0, 0.1) is 5.92 Å². The van der Waals surface area contributed by atoms with E-state index in [1.807, 2.05) is 35.2 Å². The second kappa shape index (κ2) is 5.53. The minimum absolute atomic E-state index is 0.139. The summed E-state index contributed by atoms with van der Waals surface area (Å²) >= 11 is 3.55. The van der Waals surface area contributed by atoms with E-state index >= 15 is 0 Å². The van der Waals surface area contributed by atoms with Gasteiger partial charge in [-0.2, -0.15) is 0 Å². The van der Waals surface area contributed by atoms with Gasteiger partial charge >= 0.3 is 6.09 Å². The molecule has 4 heteroatoms. The maximum Gasteiger partial charge on any atom is 0.410 e. The van der Waals surface area contributed by atoms with E-state index in [2.05, 4.69) is 15.9 Å². The Morgan fingerprint density at radius 3 is 2.79 bits per heavy atom. The summed E-state index contributed by atoms with van der Waals surface area (Å²) in [5.41, 5.74) is 1.04. The zero-order valence-corrected chi connectivity index (χ0v) is 12.4. The molecular weight excluding hydrogens is 306 g/mol. The molecule has 2 heterocycles. The van der Waals surface area contributed by atoms with Crippen LogP contribution in [0.15, 0.2) is 30.3 Å². The Labute approximate surface area is 122 Å². The molecule has 0 saturated carbocycles. The van der Waals surface area contributed by atoms with E-state index < -0.39 is 0 Å². The highest BCUT2D eigenvalue weighted by Crippen LogP contribution is 2.42. The van der Waals surface area contributed by atoms with Gasteiger partial charge in [-0.1, -0.05) is 46.3 Å². The number of carbonyl (C=O) groups excluding carboxylic acids is 1. The molecule has 2 aliphatic heterocycles. The Hall–Kier alpha value is -1.03. The zero-order valence-electron chi connectivity index (χ0n) is 10.8. The first kappa shape index (κ1) is 13.0. The van der Waals surface area contributed by atoms with E-state index in [4.69, 9.17) is 4.74 Å². The van der Waals surface area contributed by atoms with Gasteiger partial charge in [-0.3, -0.25) is 0 Å². The number of ether oxygens (including phenoxy) is 1. The van der Waals surface area contributed by atoms with Crippen LogP contribution < -0.4 is 0 Å². The maximum atomic E-state index is 12.2. The van der Waals surface area contributed by atoms with Gasteiger partial charge in [0.05, 0.1) is 0 Å². The van der Waals surface area contributed by atoms with E-state index in [0.717, 1.165) is 30.2 Å². The zero-order chi connectivity index (χ0) is 13.2. The second-order valence-corrected chi connectivity index (χ2v) is 6.04. The molecule has 0 spiro atoms. The molecule has 0 aromatic heterocycles. The van der Waals surface area contributed by atoms with Crippen molar-refractivity contribution >= 4 is 22.0 Å². The molecule has 0 radical (unpaired) electrons. The van der Waals surface area contributed by atoms with Gasteiger partial charge in [0.2, 0.25) is 0 Å². The molecule has 3 atom stereocenters. The lowest BCUT2D eigenvalue weighted by molar-refractivity contribution is 0.0891. The molecule has 3 rings (SSSR count). The van der Waals surface area contributed by atoms with Crippen molar-refractivity contribution in [3.63, 3.8) is 0 Å². The minimum atomic E-state index is -0.139. The number of fused-ring (bicyclic) bond motifs is 2. The van der Waals surface area contributed by atoms with Gasteiger partial charge < -0.3 is 9.64 Å². The standard InChI is InChI=1S/C15H18BrNO2/c16-9-12-8-13-6-7-14(12)17(13)15(18)19-10-11-4-2-1-3-5-11/h1-5,12-14H,6-10H2/t12-,13+,14-/m1/s1. The summed E-state index contributed by atoms with van der Waals surface area (Å²) < 4.78 is 5.46. The third-order valence-electron chi connectivity index (χ3n) is 4.28. The predicted octanol–water partition coefficient (Wildman–Crippen LogP) is 3.57. The summed E-state index contributed by atoms with van der Waals surface area (Å²) in [4.78, 5) is 14.2. The molecule has 0 unspecified atom stereocenters. The summed E-state index contributed by atoms with van der Waals surface area (Å²) in [6.45, 7) is 0.370. The minimum Gasteiger partial charge on any atom is -0.445 e. The first-order valence-corrected chi connectivity index (χ1v) is 7.96. The third-order valence-corrected chi connectivity index (χ3v) is 5.11. The van der Waals surface area contributed by atoms with Crippen molar-refractivity contribution in [3.8, 4) is 0 Å². The third kappa shape index (κ3) is 2.50. The monoisotopic (exact) mass is 323 g/mol. The van der Waals surface area contributed by atoms with Crippen molar-refractivity contribution in [3.05, 3.63) is 35.9 Å². The summed E-state index contributed by atoms with van der Waals surface area (Å²) in [5, 5.41) is 0.983. The molecule has 1 aromatic carbocycles. The first-order valence-electron chi connectivity index (χ1n) is 6.84. The molecule has 2 fully saturated rings. The fourth-order valence-electron chi connectivity index (χ4n) is 3.36. The van der Waals surface area contributed by atoms with Crippen LogP contribution >= 0.6 is 15.9 Å². The number of hydrogen-bond donors (Lipinski definition) is 0. The van der Waals surface area contributed by atoms with Crippen molar-refractivity contribution in [2.24, 2.45) is 5.92 Å². The summed E-state index contributed by atoms with van der Waals surface area (Å²) in [7, 11) is 0. The molecule has 1 aromatic rings. The number of hydrogen-bond acceptors (Lipinski definition) is 2. The number of nitrogens with zero attached hydrogens (tertiary/aromatic N) is 1. The van der Waals surface area contributed by atoms with Crippen LogP contribution in [-0.4, -0.2) is 28.4 Å². The fourth-order valence-corrected chi connectivity index (χ4v) is 4.05. The van der Waals surface area contributed by atoms with Crippen molar-refractivity contribution < 1.29 is 9.53 Å². The van der Waals surface area contributed by atoms with Gasteiger partial charge in [0.15, 0.2) is 0 Å². The highest BCUT2D eigenvalue weighted by Gasteiger charge is 2.48. The molecule has 19 heavy (non-hydrogen) atoms. The SMILES string of the molecule is O=C(OCc1ccccc1)N1[C@H]2CC[C@@H]1[C@@H](CBr)C2. The molecule has 1 amide bonds. The van der Waals surface area contributed by atoms with Crippen LogP contribution in [0.5, 0.6) is 0 Å². The van der Waals surface area contributed by atoms with Crippen LogP contribution in [0.25, 0.3) is 0 Å². The van der Waals surface area contributed by atoms with E-state index in [0.29, 0.717) is 24.6 Å². The Bertz CT molecular complexity index is 451. The average molecular weight is 324 g/mol. The number of carbonyl (C=O) groups is 1.